The number of hydrogen-bond acceptors (Lipinski definition) is 3. The predicted octanol–water partition coefficient (Wildman–Crippen LogP) is 6.75. The molecule has 0 spiro atoms. The van der Waals surface area contributed by atoms with Crippen LogP contribution in [0.25, 0.3) is 21.5 Å². The van der Waals surface area contributed by atoms with Crippen molar-refractivity contribution >= 4 is 27.5 Å². The van der Waals surface area contributed by atoms with Gasteiger partial charge in [0.1, 0.15) is 5.60 Å². The van der Waals surface area contributed by atoms with Crippen molar-refractivity contribution in [3.05, 3.63) is 72.3 Å². The van der Waals surface area contributed by atoms with Gasteiger partial charge in [-0.1, -0.05) is 55.1 Å². The monoisotopic (exact) mass is 390 g/mol. The summed E-state index contributed by atoms with van der Waals surface area (Å²) in [5, 5.41) is 4.94. The molecule has 0 saturated carbocycles. The highest BCUT2D eigenvalue weighted by atomic mass is 16.6. The molecule has 3 aromatic carbocycles. The summed E-state index contributed by atoms with van der Waals surface area (Å²) in [4.78, 5) is 11.9. The zero-order valence-corrected chi connectivity index (χ0v) is 18.0. The molecular weight excluding hydrogens is 360 g/mol. The molecule has 0 aromatic heterocycles. The normalized spacial score (nSPS) is 14.0. The minimum absolute atomic E-state index is 0.0684. The molecule has 0 aliphatic carbocycles. The fourth-order valence-corrected chi connectivity index (χ4v) is 3.82. The summed E-state index contributed by atoms with van der Waals surface area (Å²) < 4.78 is 11.8. The summed E-state index contributed by atoms with van der Waals surface area (Å²) in [5.74, 6) is -0.364. The molecule has 0 amide bonds. The van der Waals surface area contributed by atoms with E-state index in [1.807, 2.05) is 20.8 Å². The van der Waals surface area contributed by atoms with E-state index >= 15 is 0 Å². The highest BCUT2D eigenvalue weighted by Gasteiger charge is 2.27. The number of ether oxygens (including phenoxy) is 2. The predicted molar refractivity (Wildman–Crippen MR) is 120 cm³/mol. The second-order valence-electron chi connectivity index (χ2n) is 8.49. The molecule has 0 heterocycles. The smallest absolute Gasteiger partial charge is 0.333 e. The van der Waals surface area contributed by atoms with E-state index in [1.54, 1.807) is 6.92 Å². The Kier molecular flexibility index (Phi) is 6.09. The van der Waals surface area contributed by atoms with Crippen LogP contribution in [0.15, 0.2) is 66.7 Å². The van der Waals surface area contributed by atoms with E-state index in [1.165, 1.54) is 21.5 Å². The Balaban J connectivity index is 1.75. The molecule has 0 N–H and O–H groups in total. The molecule has 0 aliphatic rings. The Morgan fingerprint density at radius 2 is 1.62 bits per heavy atom. The molecule has 2 atom stereocenters. The highest BCUT2D eigenvalue weighted by Crippen LogP contribution is 2.30. The van der Waals surface area contributed by atoms with Gasteiger partial charge >= 0.3 is 5.97 Å². The first-order valence-corrected chi connectivity index (χ1v) is 10.1. The molecule has 3 rings (SSSR count). The van der Waals surface area contributed by atoms with Crippen molar-refractivity contribution in [2.75, 3.05) is 0 Å². The third kappa shape index (κ3) is 5.04. The average molecular weight is 391 g/mol. The lowest BCUT2D eigenvalue weighted by molar-refractivity contribution is -0.155. The minimum atomic E-state index is -0.616. The van der Waals surface area contributed by atoms with Crippen LogP contribution in [0.5, 0.6) is 0 Å². The molecular formula is C26H30O3. The van der Waals surface area contributed by atoms with Crippen molar-refractivity contribution in [3.8, 4) is 0 Å². The van der Waals surface area contributed by atoms with Crippen LogP contribution in [0, 0.1) is 0 Å². The lowest BCUT2D eigenvalue weighted by atomic mass is 9.98. The maximum absolute atomic E-state index is 11.9. The third-order valence-electron chi connectivity index (χ3n) is 5.17. The van der Waals surface area contributed by atoms with E-state index in [2.05, 4.69) is 68.1 Å². The van der Waals surface area contributed by atoms with E-state index in [9.17, 15) is 4.79 Å². The molecule has 3 aromatic rings. The summed E-state index contributed by atoms with van der Waals surface area (Å²) >= 11 is 0. The van der Waals surface area contributed by atoms with Crippen molar-refractivity contribution < 1.29 is 14.3 Å². The molecule has 2 unspecified atom stereocenters. The minimum Gasteiger partial charge on any atom is -0.456 e. The van der Waals surface area contributed by atoms with Crippen LogP contribution in [0.3, 0.4) is 0 Å². The van der Waals surface area contributed by atoms with Crippen molar-refractivity contribution in [2.45, 2.75) is 58.8 Å². The van der Waals surface area contributed by atoms with Crippen LogP contribution in [0.1, 0.15) is 52.7 Å². The fraction of sp³-hybridized carbons (Fsp3) is 0.346. The van der Waals surface area contributed by atoms with Gasteiger partial charge in [-0.05, 0) is 67.8 Å². The Bertz CT molecular complexity index is 1050. The van der Waals surface area contributed by atoms with Gasteiger partial charge < -0.3 is 9.47 Å². The van der Waals surface area contributed by atoms with Crippen LogP contribution in [-0.4, -0.2) is 17.7 Å². The second-order valence-corrected chi connectivity index (χ2v) is 8.49. The van der Waals surface area contributed by atoms with E-state index in [0.29, 0.717) is 12.0 Å². The molecule has 0 bridgehead atoms. The Morgan fingerprint density at radius 1 is 1.00 bits per heavy atom. The van der Waals surface area contributed by atoms with Crippen LogP contribution in [-0.2, 0) is 14.3 Å². The Morgan fingerprint density at radius 3 is 2.31 bits per heavy atom. The topological polar surface area (TPSA) is 35.5 Å². The first kappa shape index (κ1) is 21.1. The Labute approximate surface area is 173 Å². The number of rotatable bonds is 7. The molecule has 0 fully saturated rings. The quantitative estimate of drug-likeness (QED) is 0.254. The van der Waals surface area contributed by atoms with Gasteiger partial charge in [-0.15, -0.1) is 0 Å². The van der Waals surface area contributed by atoms with Crippen molar-refractivity contribution in [1.29, 1.82) is 0 Å². The zero-order chi connectivity index (χ0) is 21.2. The number of fused-ring (bicyclic) bond motifs is 3. The summed E-state index contributed by atoms with van der Waals surface area (Å²) in [6, 6.07) is 19.3. The fourth-order valence-electron chi connectivity index (χ4n) is 3.82. The molecule has 152 valence electrons. The van der Waals surface area contributed by atoms with Gasteiger partial charge in [0.2, 0.25) is 0 Å². The molecule has 0 radical (unpaired) electrons. The van der Waals surface area contributed by atoms with Crippen LogP contribution >= 0.6 is 0 Å². The van der Waals surface area contributed by atoms with Crippen LogP contribution in [0.4, 0.5) is 0 Å². The van der Waals surface area contributed by atoms with E-state index in [-0.39, 0.29) is 18.2 Å². The number of hydrogen-bond donors (Lipinski definition) is 0. The number of esters is 1. The largest absolute Gasteiger partial charge is 0.456 e. The number of benzene rings is 3. The number of carbonyl (C=O) groups excluding carboxylic acids is 1. The first-order valence-electron chi connectivity index (χ1n) is 10.1. The van der Waals surface area contributed by atoms with Gasteiger partial charge in [-0.3, -0.25) is 0 Å². The first-order chi connectivity index (χ1) is 13.7. The van der Waals surface area contributed by atoms with Gasteiger partial charge in [0, 0.05) is 12.0 Å². The lowest BCUT2D eigenvalue weighted by Gasteiger charge is -2.30. The standard InChI is InChI=1S/C26H30O3/c1-17(2)25(27)29-26(5,6)16-18(3)28-19(4)22-14-13-21-12-11-20-9-7-8-10-23(20)24(21)15-22/h7-15,18-19H,1,16H2,2-6H3. The second kappa shape index (κ2) is 8.38. The molecule has 29 heavy (non-hydrogen) atoms. The van der Waals surface area contributed by atoms with E-state index in [0.717, 1.165) is 5.56 Å². The van der Waals surface area contributed by atoms with Crippen molar-refractivity contribution in [2.24, 2.45) is 0 Å². The van der Waals surface area contributed by atoms with Crippen LogP contribution in [0.2, 0.25) is 0 Å². The Hall–Kier alpha value is -2.65. The van der Waals surface area contributed by atoms with E-state index in [4.69, 9.17) is 9.47 Å². The third-order valence-corrected chi connectivity index (χ3v) is 5.17. The summed E-state index contributed by atoms with van der Waals surface area (Å²) in [7, 11) is 0. The lowest BCUT2D eigenvalue weighted by Crippen LogP contribution is -2.33. The maximum Gasteiger partial charge on any atom is 0.333 e. The highest BCUT2D eigenvalue weighted by molar-refractivity contribution is 6.07. The van der Waals surface area contributed by atoms with Gasteiger partial charge in [-0.25, -0.2) is 4.79 Å². The number of carbonyl (C=O) groups is 1. The van der Waals surface area contributed by atoms with Crippen molar-refractivity contribution in [3.63, 3.8) is 0 Å². The summed E-state index contributed by atoms with van der Waals surface area (Å²) in [5.41, 5.74) is 0.926. The van der Waals surface area contributed by atoms with Gasteiger partial charge in [0.15, 0.2) is 0 Å². The van der Waals surface area contributed by atoms with E-state index < -0.39 is 5.60 Å². The van der Waals surface area contributed by atoms with Gasteiger partial charge in [0.05, 0.1) is 12.2 Å². The van der Waals surface area contributed by atoms with Crippen LogP contribution < -0.4 is 0 Å². The molecule has 3 heteroatoms. The van der Waals surface area contributed by atoms with Gasteiger partial charge in [0.25, 0.3) is 0 Å². The molecule has 0 saturated heterocycles. The maximum atomic E-state index is 11.9. The zero-order valence-electron chi connectivity index (χ0n) is 18.0. The molecule has 0 aliphatic heterocycles. The summed E-state index contributed by atoms with van der Waals surface area (Å²) in [6.45, 7) is 13.2. The summed E-state index contributed by atoms with van der Waals surface area (Å²) in [6.07, 6.45) is 0.467. The SMILES string of the molecule is C=C(C)C(=O)OC(C)(C)CC(C)OC(C)c1ccc2ccc3ccccc3c2c1. The molecule has 3 nitrogen and oxygen atoms in total. The van der Waals surface area contributed by atoms with Crippen molar-refractivity contribution in [1.82, 2.24) is 0 Å². The van der Waals surface area contributed by atoms with Gasteiger partial charge in [-0.2, -0.15) is 0 Å². The average Bonchev–Trinajstić information content (AvgIpc) is 2.66.